The highest BCUT2D eigenvalue weighted by Gasteiger charge is 2.23. The van der Waals surface area contributed by atoms with Gasteiger partial charge in [-0.3, -0.25) is 29.1 Å². The Hall–Kier alpha value is -8.46. The van der Waals surface area contributed by atoms with Crippen molar-refractivity contribution in [2.75, 3.05) is 25.2 Å². The normalized spacial score (nSPS) is 11.0. The first-order valence-electron chi connectivity index (χ1n) is 20.5. The molecule has 8 N–H and O–H groups in total. The fourth-order valence-electron chi connectivity index (χ4n) is 6.53. The molecule has 0 fully saturated rings. The molecule has 0 unspecified atom stereocenters. The summed E-state index contributed by atoms with van der Waals surface area (Å²) in [6.07, 6.45) is 11.5. The fraction of sp³-hybridized carbons (Fsp3) is 0.156. The lowest BCUT2D eigenvalue weighted by Crippen LogP contribution is -2.25. The minimum Gasteiger partial charge on any atom is -0.465 e. The third-order valence-electron chi connectivity index (χ3n) is 9.71. The molecular formula is C45H44F2N12O10S2. The molecule has 2 aromatic carbocycles. The van der Waals surface area contributed by atoms with Crippen molar-refractivity contribution in [1.82, 2.24) is 56.3 Å². The van der Waals surface area contributed by atoms with Gasteiger partial charge in [-0.15, -0.1) is 0 Å². The summed E-state index contributed by atoms with van der Waals surface area (Å²) in [4.78, 5) is 64.1. The number of primary amides is 1. The number of halogens is 2. The number of sulfone groups is 2. The van der Waals surface area contributed by atoms with Gasteiger partial charge in [0.15, 0.2) is 15.8 Å². The summed E-state index contributed by atoms with van der Waals surface area (Å²) in [6, 6.07) is 17.1. The Balaban J connectivity index is 0.000000252. The first-order valence-corrected chi connectivity index (χ1v) is 23.8. The standard InChI is InChI=1S/C23H20FN5O5S.C21H17FN6O4S.CH4O.H3N/c1-2-34-22(30)14-35(32,33)21-9-15(7-8-26-21)10-27-23(31)19-11-25-13-20-18(19)12-28-29(20)17-5-3-16(24)4-6-17;22-14-1-3-15(4-2-14)28-18-11-24-9-17(16(18)10-27-28)21(30)26-8-13-5-6-25-20(7-13)33(31,32)12-19(23)29;1-2;/h3-9,11-13H,2,10,14H2,1H3,(H,27,31);1-7,9-11H,8,12H2,(H2,23,29)(H,26,30);2H,1H3;1H3. The second-order valence-corrected chi connectivity index (χ2v) is 18.3. The van der Waals surface area contributed by atoms with E-state index in [9.17, 15) is 44.8 Å². The van der Waals surface area contributed by atoms with Crippen molar-refractivity contribution in [1.29, 1.82) is 0 Å². The highest BCUT2D eigenvalue weighted by Crippen LogP contribution is 2.23. The molecule has 6 heterocycles. The average molecular weight is 1020 g/mol. The second-order valence-electron chi connectivity index (χ2n) is 14.5. The molecule has 0 spiro atoms. The number of aromatic nitrogens is 8. The molecular weight excluding hydrogens is 971 g/mol. The van der Waals surface area contributed by atoms with Crippen LogP contribution in [-0.4, -0.2) is 110 Å². The van der Waals surface area contributed by atoms with Crippen LogP contribution >= 0.6 is 0 Å². The molecule has 3 amide bonds. The number of amides is 3. The number of fused-ring (bicyclic) bond motifs is 2. The summed E-state index contributed by atoms with van der Waals surface area (Å²) in [5.74, 6) is -5.20. The summed E-state index contributed by atoms with van der Waals surface area (Å²) in [5.41, 5.74) is 8.75. The summed E-state index contributed by atoms with van der Waals surface area (Å²) < 4.78 is 83.4. The van der Waals surface area contributed by atoms with Crippen LogP contribution in [0.25, 0.3) is 33.2 Å². The molecule has 0 aliphatic rings. The van der Waals surface area contributed by atoms with Crippen molar-refractivity contribution in [3.63, 3.8) is 0 Å². The molecule has 370 valence electrons. The Morgan fingerprint density at radius 2 is 1.04 bits per heavy atom. The molecule has 0 saturated carbocycles. The van der Waals surface area contributed by atoms with Crippen molar-refractivity contribution in [3.8, 4) is 11.4 Å². The van der Waals surface area contributed by atoms with Crippen molar-refractivity contribution in [2.45, 2.75) is 30.1 Å². The van der Waals surface area contributed by atoms with Crippen LogP contribution in [0, 0.1) is 11.6 Å². The zero-order valence-electron chi connectivity index (χ0n) is 37.6. The van der Waals surface area contributed by atoms with E-state index in [-0.39, 0.29) is 58.7 Å². The molecule has 0 atom stereocenters. The van der Waals surface area contributed by atoms with Crippen molar-refractivity contribution in [3.05, 3.63) is 156 Å². The van der Waals surface area contributed by atoms with E-state index in [4.69, 9.17) is 15.6 Å². The van der Waals surface area contributed by atoms with Gasteiger partial charge in [0, 0.05) is 55.8 Å². The Bertz CT molecular complexity index is 3430. The average Bonchev–Trinajstić information content (AvgIpc) is 3.99. The van der Waals surface area contributed by atoms with Gasteiger partial charge in [0.1, 0.15) is 17.4 Å². The SMILES string of the molecule is CCOC(=O)CS(=O)(=O)c1cc(CNC(=O)c2cncc3c2cnn3-c2ccc(F)cc2)ccn1.CO.N.NC(=O)CS(=O)(=O)c1cc(CNC(=O)c2cncc3c2cnn3-c2ccc(F)cc2)ccn1. The van der Waals surface area contributed by atoms with Crippen LogP contribution in [0.1, 0.15) is 38.8 Å². The van der Waals surface area contributed by atoms with Crippen LogP contribution < -0.4 is 22.5 Å². The highest BCUT2D eigenvalue weighted by molar-refractivity contribution is 7.92. The van der Waals surface area contributed by atoms with Crippen molar-refractivity contribution >= 4 is 65.2 Å². The van der Waals surface area contributed by atoms with E-state index in [1.54, 1.807) is 54.3 Å². The summed E-state index contributed by atoms with van der Waals surface area (Å²) in [6.45, 7) is 1.66. The zero-order chi connectivity index (χ0) is 50.6. The minimum absolute atomic E-state index is 0. The predicted octanol–water partition coefficient (Wildman–Crippen LogP) is 3.14. The third kappa shape index (κ3) is 13.2. The number of carbonyl (C=O) groups excluding carboxylic acids is 4. The molecule has 6 aromatic heterocycles. The quantitative estimate of drug-likeness (QED) is 0.0921. The molecule has 71 heavy (non-hydrogen) atoms. The van der Waals surface area contributed by atoms with Gasteiger partial charge >= 0.3 is 5.97 Å². The van der Waals surface area contributed by atoms with Gasteiger partial charge in [0.25, 0.3) is 11.8 Å². The van der Waals surface area contributed by atoms with Gasteiger partial charge in [-0.2, -0.15) is 10.2 Å². The third-order valence-corrected chi connectivity index (χ3v) is 12.7. The van der Waals surface area contributed by atoms with Gasteiger partial charge in [0.05, 0.1) is 64.9 Å². The fourth-order valence-corrected chi connectivity index (χ4v) is 8.70. The van der Waals surface area contributed by atoms with Crippen LogP contribution in [0.15, 0.2) is 132 Å². The lowest BCUT2D eigenvalue weighted by Gasteiger charge is -2.08. The van der Waals surface area contributed by atoms with E-state index in [0.717, 1.165) is 7.11 Å². The number of carbonyl (C=O) groups is 4. The summed E-state index contributed by atoms with van der Waals surface area (Å²) in [7, 11) is -6.96. The smallest absolute Gasteiger partial charge is 0.321 e. The molecule has 26 heteroatoms. The number of benzene rings is 2. The summed E-state index contributed by atoms with van der Waals surface area (Å²) >= 11 is 0. The van der Waals surface area contributed by atoms with E-state index in [1.165, 1.54) is 84.3 Å². The molecule has 0 aliphatic carbocycles. The highest BCUT2D eigenvalue weighted by atomic mass is 32.2. The maximum Gasteiger partial charge on any atom is 0.321 e. The van der Waals surface area contributed by atoms with Crippen molar-refractivity contribution < 1.29 is 54.6 Å². The number of nitrogens with one attached hydrogen (secondary N) is 2. The Kier molecular flexibility index (Phi) is 17.9. The number of nitrogens with zero attached hydrogens (tertiary/aromatic N) is 8. The maximum absolute atomic E-state index is 13.3. The molecule has 8 aromatic rings. The number of aliphatic hydroxyl groups is 1. The lowest BCUT2D eigenvalue weighted by atomic mass is 10.1. The van der Waals surface area contributed by atoms with Gasteiger partial charge in [-0.25, -0.2) is 44.9 Å². The Labute approximate surface area is 403 Å². The molecule has 0 aliphatic heterocycles. The van der Waals surface area contributed by atoms with E-state index in [1.807, 2.05) is 0 Å². The Morgan fingerprint density at radius 1 is 0.634 bits per heavy atom. The number of hydrogen-bond donors (Lipinski definition) is 5. The second kappa shape index (κ2) is 23.7. The number of pyridine rings is 4. The van der Waals surface area contributed by atoms with Crippen LogP contribution in [0.3, 0.4) is 0 Å². The Morgan fingerprint density at radius 3 is 1.44 bits per heavy atom. The zero-order valence-corrected chi connectivity index (χ0v) is 39.3. The largest absolute Gasteiger partial charge is 0.465 e. The van der Waals surface area contributed by atoms with Crippen LogP contribution in [0.4, 0.5) is 8.78 Å². The number of aliphatic hydroxyl groups excluding tert-OH is 1. The van der Waals surface area contributed by atoms with E-state index in [0.29, 0.717) is 44.3 Å². The van der Waals surface area contributed by atoms with Crippen LogP contribution in [-0.2, 0) is 47.1 Å². The monoisotopic (exact) mass is 1010 g/mol. The topological polar surface area (TPSA) is 338 Å². The van der Waals surface area contributed by atoms with E-state index < -0.39 is 54.9 Å². The first kappa shape index (κ1) is 53.5. The van der Waals surface area contributed by atoms with Gasteiger partial charge in [-0.1, -0.05) is 0 Å². The van der Waals surface area contributed by atoms with Gasteiger partial charge < -0.3 is 32.4 Å². The molecule has 8 rings (SSSR count). The number of hydrogen-bond acceptors (Lipinski definition) is 17. The maximum atomic E-state index is 13.3. The van der Waals surface area contributed by atoms with E-state index in [2.05, 4.69) is 40.8 Å². The number of ether oxygens (including phenoxy) is 1. The van der Waals surface area contributed by atoms with Crippen LogP contribution in [0.2, 0.25) is 0 Å². The van der Waals surface area contributed by atoms with Gasteiger partial charge in [-0.05, 0) is 90.8 Å². The van der Waals surface area contributed by atoms with Crippen LogP contribution in [0.5, 0.6) is 0 Å². The number of esters is 1. The number of rotatable bonds is 15. The molecule has 22 nitrogen and oxygen atoms in total. The number of nitrogens with two attached hydrogens (primary N) is 1. The predicted molar refractivity (Wildman–Crippen MR) is 252 cm³/mol. The lowest BCUT2D eigenvalue weighted by molar-refractivity contribution is -0.140. The summed E-state index contributed by atoms with van der Waals surface area (Å²) in [5, 5.41) is 21.5. The van der Waals surface area contributed by atoms with Gasteiger partial charge in [0.2, 0.25) is 25.6 Å². The molecule has 0 saturated heterocycles. The minimum atomic E-state index is -3.99. The van der Waals surface area contributed by atoms with Crippen molar-refractivity contribution in [2.24, 2.45) is 5.73 Å². The molecule has 0 radical (unpaired) electrons. The van der Waals surface area contributed by atoms with E-state index >= 15 is 0 Å². The first-order chi connectivity index (χ1) is 33.5. The molecule has 0 bridgehead atoms.